The monoisotopic (exact) mass is 358 g/mol. The second-order valence-electron chi connectivity index (χ2n) is 5.78. The Hall–Kier alpha value is -1.98. The lowest BCUT2D eigenvalue weighted by Gasteiger charge is -2.14. The van der Waals surface area contributed by atoms with Crippen molar-refractivity contribution in [3.05, 3.63) is 59.1 Å². The third-order valence-electron chi connectivity index (χ3n) is 3.81. The summed E-state index contributed by atoms with van der Waals surface area (Å²) in [5.41, 5.74) is 2.29. The van der Waals surface area contributed by atoms with Crippen molar-refractivity contribution in [3.63, 3.8) is 0 Å². The Morgan fingerprint density at radius 2 is 2.04 bits per heavy atom. The molecule has 3 aromatic rings. The number of amides is 1. The molecule has 2 aromatic carbocycles. The van der Waals surface area contributed by atoms with Gasteiger partial charge in [0.1, 0.15) is 10.8 Å². The summed E-state index contributed by atoms with van der Waals surface area (Å²) in [5, 5.41) is 3.74. The van der Waals surface area contributed by atoms with Crippen LogP contribution in [0.4, 0.5) is 0 Å². The minimum atomic E-state index is -0.393. The molecule has 1 aliphatic carbocycles. The van der Waals surface area contributed by atoms with Crippen LogP contribution in [0.2, 0.25) is 5.02 Å². The Labute approximate surface area is 148 Å². The molecule has 1 N–H and O–H groups in total. The number of aromatic nitrogens is 1. The molecule has 0 bridgehead atoms. The third kappa shape index (κ3) is 3.42. The fourth-order valence-electron chi connectivity index (χ4n) is 2.43. The van der Waals surface area contributed by atoms with Crippen LogP contribution in [0.5, 0.6) is 0 Å². The zero-order chi connectivity index (χ0) is 16.5. The maximum absolute atomic E-state index is 12.6. The van der Waals surface area contributed by atoms with Crippen molar-refractivity contribution >= 4 is 40.4 Å². The van der Waals surface area contributed by atoms with Crippen LogP contribution in [0, 0.1) is 0 Å². The quantitative estimate of drug-likeness (QED) is 0.677. The minimum Gasteiger partial charge on any atom is -0.431 e. The summed E-state index contributed by atoms with van der Waals surface area (Å²) < 4.78 is 5.76. The largest absolute Gasteiger partial charge is 0.431 e. The average molecular weight is 359 g/mol. The number of rotatable bonds is 5. The van der Waals surface area contributed by atoms with Gasteiger partial charge in [-0.1, -0.05) is 41.9 Å². The standard InChI is InChI=1S/C18H15ClN2O2S/c19-12-6-9-14-15(10-12)23-18(21-14)24-16(11-4-2-1-3-5-11)17(22)20-13-7-8-13/h1-6,9-10,13,16H,7-8H2,(H,20,22)/t16-/m1/s1. The fraction of sp³-hybridized carbons (Fsp3) is 0.222. The van der Waals surface area contributed by atoms with Crippen LogP contribution in [-0.2, 0) is 4.79 Å². The summed E-state index contributed by atoms with van der Waals surface area (Å²) in [6.45, 7) is 0. The molecule has 1 fully saturated rings. The highest BCUT2D eigenvalue weighted by Gasteiger charge is 2.30. The molecule has 0 spiro atoms. The zero-order valence-corrected chi connectivity index (χ0v) is 14.3. The normalized spacial score (nSPS) is 15.4. The molecule has 0 unspecified atom stereocenters. The Morgan fingerprint density at radius 3 is 2.79 bits per heavy atom. The summed E-state index contributed by atoms with van der Waals surface area (Å²) >= 11 is 7.30. The molecule has 122 valence electrons. The first-order chi connectivity index (χ1) is 11.7. The van der Waals surface area contributed by atoms with Gasteiger partial charge in [0.05, 0.1) is 0 Å². The molecule has 1 aromatic heterocycles. The van der Waals surface area contributed by atoms with Crippen molar-refractivity contribution in [3.8, 4) is 0 Å². The molecular formula is C18H15ClN2O2S. The van der Waals surface area contributed by atoms with Crippen LogP contribution in [0.3, 0.4) is 0 Å². The number of oxazole rings is 1. The van der Waals surface area contributed by atoms with Gasteiger partial charge in [0.2, 0.25) is 5.91 Å². The highest BCUT2D eigenvalue weighted by Crippen LogP contribution is 2.37. The van der Waals surface area contributed by atoms with Gasteiger partial charge in [0.25, 0.3) is 5.22 Å². The molecule has 1 amide bonds. The molecule has 1 saturated carbocycles. The Morgan fingerprint density at radius 1 is 1.25 bits per heavy atom. The smallest absolute Gasteiger partial charge is 0.257 e. The predicted molar refractivity (Wildman–Crippen MR) is 95.2 cm³/mol. The number of carbonyl (C=O) groups excluding carboxylic acids is 1. The van der Waals surface area contributed by atoms with Gasteiger partial charge >= 0.3 is 0 Å². The van der Waals surface area contributed by atoms with Crippen LogP contribution in [0.1, 0.15) is 23.7 Å². The predicted octanol–water partition coefficient (Wildman–Crippen LogP) is 4.59. The first-order valence-corrected chi connectivity index (χ1v) is 9.03. The number of fused-ring (bicyclic) bond motifs is 1. The molecule has 1 heterocycles. The van der Waals surface area contributed by atoms with E-state index in [2.05, 4.69) is 10.3 Å². The van der Waals surface area contributed by atoms with E-state index in [0.717, 1.165) is 23.9 Å². The molecule has 4 nitrogen and oxygen atoms in total. The lowest BCUT2D eigenvalue weighted by molar-refractivity contribution is -0.120. The first-order valence-electron chi connectivity index (χ1n) is 7.77. The number of thioether (sulfide) groups is 1. The first kappa shape index (κ1) is 15.5. The van der Waals surface area contributed by atoms with Crippen molar-refractivity contribution < 1.29 is 9.21 Å². The number of nitrogens with zero attached hydrogens (tertiary/aromatic N) is 1. The molecule has 4 rings (SSSR count). The van der Waals surface area contributed by atoms with Gasteiger partial charge in [0, 0.05) is 17.1 Å². The summed E-state index contributed by atoms with van der Waals surface area (Å²) in [7, 11) is 0. The topological polar surface area (TPSA) is 55.1 Å². The van der Waals surface area contributed by atoms with Gasteiger partial charge in [-0.25, -0.2) is 4.98 Å². The van der Waals surface area contributed by atoms with Crippen molar-refractivity contribution in [1.29, 1.82) is 0 Å². The van der Waals surface area contributed by atoms with Crippen LogP contribution < -0.4 is 5.32 Å². The summed E-state index contributed by atoms with van der Waals surface area (Å²) in [4.78, 5) is 17.1. The van der Waals surface area contributed by atoms with Crippen LogP contribution in [0.15, 0.2) is 58.2 Å². The van der Waals surface area contributed by atoms with Crippen molar-refractivity contribution in [2.45, 2.75) is 29.4 Å². The van der Waals surface area contributed by atoms with E-state index >= 15 is 0 Å². The van der Waals surface area contributed by atoms with E-state index in [1.54, 1.807) is 12.1 Å². The molecule has 1 aliphatic rings. The van der Waals surface area contributed by atoms with Crippen LogP contribution in [-0.4, -0.2) is 16.9 Å². The highest BCUT2D eigenvalue weighted by atomic mass is 35.5. The number of halogens is 1. The highest BCUT2D eigenvalue weighted by molar-refractivity contribution is 8.00. The van der Waals surface area contributed by atoms with Crippen molar-refractivity contribution in [2.24, 2.45) is 0 Å². The Bertz CT molecular complexity index is 877. The number of hydrogen-bond donors (Lipinski definition) is 1. The molecule has 0 radical (unpaired) electrons. The SMILES string of the molecule is O=C(NC1CC1)[C@H](Sc1nc2ccc(Cl)cc2o1)c1ccccc1. The average Bonchev–Trinajstić information content (AvgIpc) is 3.30. The van der Waals surface area contributed by atoms with Gasteiger partial charge in [0.15, 0.2) is 5.58 Å². The van der Waals surface area contributed by atoms with Gasteiger partial charge in [-0.05, 0) is 42.3 Å². The molecule has 0 aliphatic heterocycles. The molecule has 1 atom stereocenters. The zero-order valence-electron chi connectivity index (χ0n) is 12.7. The number of nitrogens with one attached hydrogen (secondary N) is 1. The number of benzene rings is 2. The van der Waals surface area contributed by atoms with E-state index in [1.807, 2.05) is 36.4 Å². The van der Waals surface area contributed by atoms with E-state index in [-0.39, 0.29) is 5.91 Å². The van der Waals surface area contributed by atoms with E-state index in [4.69, 9.17) is 16.0 Å². The Kier molecular flexibility index (Phi) is 4.21. The van der Waals surface area contributed by atoms with Gasteiger partial charge in [-0.15, -0.1) is 0 Å². The van der Waals surface area contributed by atoms with E-state index in [9.17, 15) is 4.79 Å². The number of hydrogen-bond acceptors (Lipinski definition) is 4. The maximum atomic E-state index is 12.6. The minimum absolute atomic E-state index is 0.00557. The number of carbonyl (C=O) groups is 1. The molecule has 24 heavy (non-hydrogen) atoms. The van der Waals surface area contributed by atoms with Crippen molar-refractivity contribution in [2.75, 3.05) is 0 Å². The van der Waals surface area contributed by atoms with Gasteiger partial charge in [-0.2, -0.15) is 0 Å². The second-order valence-corrected chi connectivity index (χ2v) is 7.28. The Balaban J connectivity index is 1.63. The van der Waals surface area contributed by atoms with E-state index < -0.39 is 5.25 Å². The lowest BCUT2D eigenvalue weighted by atomic mass is 10.1. The molecular weight excluding hydrogens is 344 g/mol. The molecule has 0 saturated heterocycles. The fourth-order valence-corrected chi connectivity index (χ4v) is 3.55. The van der Waals surface area contributed by atoms with Gasteiger partial charge in [-0.3, -0.25) is 4.79 Å². The molecule has 6 heteroatoms. The van der Waals surface area contributed by atoms with E-state index in [1.165, 1.54) is 11.8 Å². The summed E-state index contributed by atoms with van der Waals surface area (Å²) in [6.07, 6.45) is 2.11. The third-order valence-corrected chi connectivity index (χ3v) is 5.15. The van der Waals surface area contributed by atoms with Crippen LogP contribution in [0.25, 0.3) is 11.1 Å². The van der Waals surface area contributed by atoms with Crippen molar-refractivity contribution in [1.82, 2.24) is 10.3 Å². The maximum Gasteiger partial charge on any atom is 0.257 e. The lowest BCUT2D eigenvalue weighted by Crippen LogP contribution is -2.29. The van der Waals surface area contributed by atoms with E-state index in [0.29, 0.717) is 21.9 Å². The van der Waals surface area contributed by atoms with Crippen LogP contribution >= 0.6 is 23.4 Å². The summed E-state index contributed by atoms with van der Waals surface area (Å²) in [6, 6.07) is 15.3. The summed E-state index contributed by atoms with van der Waals surface area (Å²) in [5.74, 6) is -0.00557. The van der Waals surface area contributed by atoms with Gasteiger partial charge < -0.3 is 9.73 Å². The second kappa shape index (κ2) is 6.49.